The van der Waals surface area contributed by atoms with Gasteiger partial charge in [-0.3, -0.25) is 14.4 Å². The number of rotatable bonds is 14. The van der Waals surface area contributed by atoms with Gasteiger partial charge in [-0.15, -0.1) is 0 Å². The Morgan fingerprint density at radius 3 is 2.23 bits per heavy atom. The maximum Gasteiger partial charge on any atom is 0.421 e. The van der Waals surface area contributed by atoms with Crippen LogP contribution in [0, 0.1) is 0 Å². The zero-order valence-corrected chi connectivity index (χ0v) is 25.5. The summed E-state index contributed by atoms with van der Waals surface area (Å²) in [6, 6.07) is -5.81. The van der Waals surface area contributed by atoms with Gasteiger partial charge in [0.15, 0.2) is 0 Å². The predicted molar refractivity (Wildman–Crippen MR) is 149 cm³/mol. The molecule has 2 unspecified atom stereocenters. The Morgan fingerprint density at radius 2 is 1.58 bits per heavy atom. The summed E-state index contributed by atoms with van der Waals surface area (Å²) < 4.78 is 4.66. The Morgan fingerprint density at radius 1 is 0.938 bits per heavy atom. The number of carbonyl (C=O) groups excluding carboxylic acids is 9. The van der Waals surface area contributed by atoms with Gasteiger partial charge in [0.2, 0.25) is 17.6 Å². The minimum atomic E-state index is -1.72. The van der Waals surface area contributed by atoms with Crippen molar-refractivity contribution >= 4 is 72.2 Å². The summed E-state index contributed by atoms with van der Waals surface area (Å²) in [5.74, 6) is -14.0. The zero-order valence-electron chi connectivity index (χ0n) is 24.6. The molecule has 48 heavy (non-hydrogen) atoms. The van der Waals surface area contributed by atoms with E-state index in [2.05, 4.69) is 57.3 Å². The number of hydrogen-bond donors (Lipinski definition) is 7. The van der Waals surface area contributed by atoms with Gasteiger partial charge in [-0.25, -0.2) is 62.9 Å². The third-order valence-electron chi connectivity index (χ3n) is 5.45. The minimum Gasteiger partial charge on any atom is -0.480 e. The molecule has 1 rings (SSSR count). The Hall–Kier alpha value is -5.33. The number of carbonyl (C=O) groups is 10. The average molecular weight is 710 g/mol. The van der Waals surface area contributed by atoms with E-state index in [9.17, 15) is 47.9 Å². The molecule has 0 fully saturated rings. The lowest BCUT2D eigenvalue weighted by atomic mass is 10.1. The maximum absolute atomic E-state index is 12.3. The Labute approximate surface area is 274 Å². The standard InChI is InChI=1S/C24H31N5O18S/c25-10(21(37)41-14-7-19(35)44-42-17(33)6-3-12(27)23(39)46-47-24(14)40)2-5-18(34)43-45-22(38)11(26)1-4-15(30)29-13(9-48)20(36)28-8-16(31)32/h7,10-13,48H,1-6,8-9,25-27H2,(H,28,36)(H,29,30)(H,31,32)/b14-7-/t10-,11?,12-,13?/m1/s1. The summed E-state index contributed by atoms with van der Waals surface area (Å²) in [7, 11) is 0. The number of thiol groups is 1. The second-order valence-corrected chi connectivity index (χ2v) is 9.63. The van der Waals surface area contributed by atoms with Crippen LogP contribution in [0.2, 0.25) is 0 Å². The van der Waals surface area contributed by atoms with Crippen molar-refractivity contribution in [3.8, 4) is 0 Å². The van der Waals surface area contributed by atoms with Gasteiger partial charge in [-0.2, -0.15) is 12.6 Å². The van der Waals surface area contributed by atoms with Crippen LogP contribution in [0.3, 0.4) is 0 Å². The highest BCUT2D eigenvalue weighted by Gasteiger charge is 2.29. The molecule has 266 valence electrons. The molecule has 0 spiro atoms. The van der Waals surface area contributed by atoms with Crippen LogP contribution in [0.1, 0.15) is 38.5 Å². The molecule has 1 aliphatic rings. The zero-order chi connectivity index (χ0) is 36.4. The van der Waals surface area contributed by atoms with E-state index in [4.69, 9.17) is 22.3 Å². The molecule has 24 heteroatoms. The van der Waals surface area contributed by atoms with Crippen molar-refractivity contribution in [1.29, 1.82) is 0 Å². The van der Waals surface area contributed by atoms with Crippen molar-refractivity contribution in [1.82, 2.24) is 10.6 Å². The maximum atomic E-state index is 12.3. The van der Waals surface area contributed by atoms with E-state index in [1.54, 1.807) is 0 Å². The fraction of sp³-hybridized carbons (Fsp3) is 0.500. The van der Waals surface area contributed by atoms with E-state index < -0.39 is 122 Å². The third kappa shape index (κ3) is 15.8. The van der Waals surface area contributed by atoms with Crippen molar-refractivity contribution in [3.05, 3.63) is 11.8 Å². The first-order chi connectivity index (χ1) is 22.5. The molecule has 0 saturated heterocycles. The SMILES string of the molecule is NC(CCC(=O)NC(CS)C(=O)NCC(=O)O)C(=O)OOC(=O)CC[C@@H](N)C(=O)O/C1=C\C(=O)OOC(=O)CC[C@@H](N)C(=O)OOC1=O. The number of esters is 1. The van der Waals surface area contributed by atoms with Crippen LogP contribution in [0.25, 0.3) is 0 Å². The van der Waals surface area contributed by atoms with Crippen LogP contribution in [0.4, 0.5) is 0 Å². The molecular formula is C24H31N5O18S. The predicted octanol–water partition coefficient (Wildman–Crippen LogP) is -4.63. The van der Waals surface area contributed by atoms with Crippen molar-refractivity contribution in [2.45, 2.75) is 62.7 Å². The first-order valence-corrected chi connectivity index (χ1v) is 14.0. The Balaban J connectivity index is 2.57. The highest BCUT2D eigenvalue weighted by Crippen LogP contribution is 2.10. The number of nitrogens with two attached hydrogens (primary N) is 3. The monoisotopic (exact) mass is 709 g/mol. The van der Waals surface area contributed by atoms with Crippen LogP contribution in [-0.4, -0.2) is 101 Å². The minimum absolute atomic E-state index is 0.174. The summed E-state index contributed by atoms with van der Waals surface area (Å²) in [4.78, 5) is 143. The quantitative estimate of drug-likeness (QED) is 0.0386. The van der Waals surface area contributed by atoms with Gasteiger partial charge in [0.1, 0.15) is 30.7 Å². The number of amides is 2. The molecule has 0 bridgehead atoms. The molecule has 0 saturated carbocycles. The molecule has 0 aromatic rings. The van der Waals surface area contributed by atoms with Gasteiger partial charge in [-0.05, 0) is 19.3 Å². The number of nitrogens with one attached hydrogen (secondary N) is 2. The van der Waals surface area contributed by atoms with E-state index in [1.165, 1.54) is 0 Å². The van der Waals surface area contributed by atoms with Crippen LogP contribution >= 0.6 is 12.6 Å². The first kappa shape index (κ1) is 40.7. The molecule has 0 aromatic carbocycles. The van der Waals surface area contributed by atoms with E-state index in [1.807, 2.05) is 0 Å². The lowest BCUT2D eigenvalue weighted by Crippen LogP contribution is -2.49. The van der Waals surface area contributed by atoms with Gasteiger partial charge in [0.05, 0.1) is 18.9 Å². The smallest absolute Gasteiger partial charge is 0.421 e. The van der Waals surface area contributed by atoms with E-state index in [-0.39, 0.29) is 24.7 Å². The second-order valence-electron chi connectivity index (χ2n) is 9.27. The number of aliphatic carboxylic acids is 1. The Kier molecular flexibility index (Phi) is 17.6. The highest BCUT2D eigenvalue weighted by molar-refractivity contribution is 7.80. The van der Waals surface area contributed by atoms with E-state index >= 15 is 0 Å². The largest absolute Gasteiger partial charge is 0.480 e. The fourth-order valence-electron chi connectivity index (χ4n) is 2.88. The second kappa shape index (κ2) is 20.7. The molecule has 4 atom stereocenters. The fourth-order valence-corrected chi connectivity index (χ4v) is 3.14. The Bertz CT molecular complexity index is 1310. The molecule has 9 N–H and O–H groups in total. The third-order valence-corrected chi connectivity index (χ3v) is 5.82. The molecule has 1 aliphatic heterocycles. The van der Waals surface area contributed by atoms with Gasteiger partial charge >= 0.3 is 47.8 Å². The van der Waals surface area contributed by atoms with Gasteiger partial charge in [0.25, 0.3) is 0 Å². The molecule has 0 aliphatic carbocycles. The summed E-state index contributed by atoms with van der Waals surface area (Å²) in [5, 5.41) is 12.9. The summed E-state index contributed by atoms with van der Waals surface area (Å²) >= 11 is 3.90. The van der Waals surface area contributed by atoms with Crippen LogP contribution < -0.4 is 27.8 Å². The summed E-state index contributed by atoms with van der Waals surface area (Å²) in [5.41, 5.74) is 16.7. The van der Waals surface area contributed by atoms with Crippen LogP contribution in [-0.2, 0) is 82.0 Å². The van der Waals surface area contributed by atoms with Crippen LogP contribution in [0.15, 0.2) is 11.8 Å². The van der Waals surface area contributed by atoms with Crippen molar-refractivity contribution in [2.24, 2.45) is 17.2 Å². The van der Waals surface area contributed by atoms with Crippen molar-refractivity contribution in [2.75, 3.05) is 12.3 Å². The van der Waals surface area contributed by atoms with E-state index in [0.717, 1.165) is 0 Å². The molecule has 0 radical (unpaired) electrons. The first-order valence-electron chi connectivity index (χ1n) is 13.4. The summed E-state index contributed by atoms with van der Waals surface area (Å²) in [6.45, 7) is -0.686. The van der Waals surface area contributed by atoms with Crippen molar-refractivity contribution in [3.63, 3.8) is 0 Å². The van der Waals surface area contributed by atoms with Crippen molar-refractivity contribution < 1.29 is 87.1 Å². The molecule has 0 aromatic heterocycles. The molecule has 2 amide bonds. The number of hydrogen-bond acceptors (Lipinski definition) is 21. The lowest BCUT2D eigenvalue weighted by molar-refractivity contribution is -0.260. The molecule has 23 nitrogen and oxygen atoms in total. The van der Waals surface area contributed by atoms with Gasteiger partial charge in [0, 0.05) is 12.2 Å². The molecule has 1 heterocycles. The number of carboxylic acid groups (broad SMARTS) is 1. The number of carboxylic acids is 1. The van der Waals surface area contributed by atoms with Gasteiger partial charge in [-0.1, -0.05) is 0 Å². The molecular weight excluding hydrogens is 678 g/mol. The highest BCUT2D eigenvalue weighted by atomic mass is 32.1. The average Bonchev–Trinajstić information content (AvgIpc) is 3.05. The van der Waals surface area contributed by atoms with Crippen LogP contribution in [0.5, 0.6) is 0 Å². The topological polar surface area (TPSA) is 358 Å². The summed E-state index contributed by atoms with van der Waals surface area (Å²) in [6.07, 6.45) is -2.64. The normalized spacial score (nSPS) is 18.4. The number of ether oxygens (including phenoxy) is 1. The lowest BCUT2D eigenvalue weighted by Gasteiger charge is -2.16. The van der Waals surface area contributed by atoms with Gasteiger partial charge < -0.3 is 37.7 Å². The van der Waals surface area contributed by atoms with E-state index in [0.29, 0.717) is 0 Å².